The number of aliphatic hydroxyl groups excluding tert-OH is 5. The van der Waals surface area contributed by atoms with Crippen LogP contribution in [0.15, 0.2) is 0 Å². The Kier molecular flexibility index (Phi) is 12.4. The first-order valence-electron chi connectivity index (χ1n) is 8.79. The molecule has 0 aliphatic rings. The number of rotatable bonds is 14. The Labute approximate surface area is 155 Å². The molecule has 0 aromatic heterocycles. The molecule has 0 saturated heterocycles. The summed E-state index contributed by atoms with van der Waals surface area (Å²) in [6, 6.07) is 0. The van der Waals surface area contributed by atoms with Crippen LogP contribution in [-0.4, -0.2) is 96.8 Å². The molecule has 0 aliphatic carbocycles. The van der Waals surface area contributed by atoms with E-state index in [4.69, 9.17) is 18.4 Å². The minimum absolute atomic E-state index is 0.297. The lowest BCUT2D eigenvalue weighted by Crippen LogP contribution is -2.64. The van der Waals surface area contributed by atoms with E-state index in [0.29, 0.717) is 26.2 Å². The van der Waals surface area contributed by atoms with Crippen molar-refractivity contribution in [2.45, 2.75) is 64.2 Å². The van der Waals surface area contributed by atoms with Crippen molar-refractivity contribution in [2.24, 2.45) is 0 Å². The van der Waals surface area contributed by atoms with Crippen LogP contribution in [0, 0.1) is 0 Å². The fourth-order valence-electron chi connectivity index (χ4n) is 2.41. The first-order valence-corrected chi connectivity index (χ1v) is 10.6. The van der Waals surface area contributed by atoms with E-state index in [9.17, 15) is 25.2 Å². The molecule has 0 fully saturated rings. The Hall–Kier alpha value is -0.633. The molecule has 0 aliphatic heterocycles. The van der Waals surface area contributed by atoms with Crippen LogP contribution in [-0.2, 0) is 18.1 Å². The van der Waals surface area contributed by atoms with Crippen molar-refractivity contribution >= 4 is 14.7 Å². The van der Waals surface area contributed by atoms with Crippen molar-refractivity contribution in [1.29, 1.82) is 0 Å². The van der Waals surface area contributed by atoms with Gasteiger partial charge < -0.3 is 44.1 Å². The predicted molar refractivity (Wildman–Crippen MR) is 94.0 cm³/mol. The summed E-state index contributed by atoms with van der Waals surface area (Å²) in [6.45, 7) is 7.12. The molecule has 0 radical (unpaired) electrons. The van der Waals surface area contributed by atoms with Gasteiger partial charge in [-0.3, -0.25) is 4.79 Å². The van der Waals surface area contributed by atoms with Gasteiger partial charge in [-0.25, -0.2) is 0 Å². The van der Waals surface area contributed by atoms with E-state index in [1.54, 1.807) is 27.7 Å². The van der Waals surface area contributed by atoms with E-state index in [0.717, 1.165) is 0 Å². The second-order valence-corrected chi connectivity index (χ2v) is 8.32. The van der Waals surface area contributed by atoms with E-state index in [-0.39, 0.29) is 0 Å². The smallest absolute Gasteiger partial charge is 0.394 e. The molecule has 156 valence electrons. The van der Waals surface area contributed by atoms with E-state index in [2.05, 4.69) is 5.32 Å². The average Bonchev–Trinajstić information content (AvgIpc) is 2.63. The van der Waals surface area contributed by atoms with Gasteiger partial charge in [0.2, 0.25) is 0 Å². The third kappa shape index (κ3) is 6.83. The molecule has 0 aromatic carbocycles. The lowest BCUT2D eigenvalue weighted by Gasteiger charge is -2.36. The summed E-state index contributed by atoms with van der Waals surface area (Å²) in [5.41, 5.74) is -0.684. The van der Waals surface area contributed by atoms with Crippen LogP contribution in [0.1, 0.15) is 34.1 Å². The molecule has 0 aromatic rings. The topological polar surface area (TPSA) is 158 Å². The highest BCUT2D eigenvalue weighted by atomic mass is 28.4. The molecule has 0 heterocycles. The summed E-state index contributed by atoms with van der Waals surface area (Å²) in [5.74, 6) is -0.982. The second kappa shape index (κ2) is 12.7. The van der Waals surface area contributed by atoms with E-state index in [1.165, 1.54) is 0 Å². The molecule has 26 heavy (non-hydrogen) atoms. The van der Waals surface area contributed by atoms with Crippen molar-refractivity contribution < 1.29 is 43.6 Å². The van der Waals surface area contributed by atoms with Crippen LogP contribution in [0.4, 0.5) is 0 Å². The van der Waals surface area contributed by atoms with Gasteiger partial charge in [-0.1, -0.05) is 6.92 Å². The normalized spacial score (nSPS) is 18.0. The minimum Gasteiger partial charge on any atom is -0.394 e. The maximum absolute atomic E-state index is 12.3. The highest BCUT2D eigenvalue weighted by Crippen LogP contribution is 2.18. The van der Waals surface area contributed by atoms with Gasteiger partial charge in [0.25, 0.3) is 5.91 Å². The maximum Gasteiger partial charge on any atom is 0.524 e. The lowest BCUT2D eigenvalue weighted by molar-refractivity contribution is -0.149. The lowest BCUT2D eigenvalue weighted by atomic mass is 10.0. The number of amides is 1. The van der Waals surface area contributed by atoms with E-state index < -0.39 is 51.4 Å². The molecule has 1 unspecified atom stereocenters. The summed E-state index contributed by atoms with van der Waals surface area (Å²) in [7, 11) is -3.30. The molecule has 0 saturated carbocycles. The molecule has 0 bridgehead atoms. The van der Waals surface area contributed by atoms with Crippen LogP contribution in [0.5, 0.6) is 0 Å². The molecular weight excluding hydrogens is 366 g/mol. The quantitative estimate of drug-likeness (QED) is 0.180. The molecule has 0 rings (SSSR count). The maximum atomic E-state index is 12.3. The largest absolute Gasteiger partial charge is 0.524 e. The van der Waals surface area contributed by atoms with Crippen molar-refractivity contribution in [3.63, 3.8) is 0 Å². The van der Waals surface area contributed by atoms with E-state index in [1.807, 2.05) is 0 Å². The highest BCUT2D eigenvalue weighted by molar-refractivity contribution is 6.62. The zero-order valence-electron chi connectivity index (χ0n) is 15.8. The fraction of sp³-hybridized carbons (Fsp3) is 0.933. The summed E-state index contributed by atoms with van der Waals surface area (Å²) < 4.78 is 17.2. The standard InChI is InChI=1S/C15H33NO9Si/c1-5-11(26(23-6-2,24-7-3)25-8-4)16-15(22)14(21)13(20)12(19)10(18)9-17/h10-14,17-21H,5-9H2,1-4H3,(H,16,22)/t10-,11?,12-,13+,14-/m1/s1. The van der Waals surface area contributed by atoms with Crippen molar-refractivity contribution in [2.75, 3.05) is 26.4 Å². The third-order valence-electron chi connectivity index (χ3n) is 3.71. The first kappa shape index (κ1) is 25.4. The summed E-state index contributed by atoms with van der Waals surface area (Å²) in [4.78, 5) is 12.3. The zero-order chi connectivity index (χ0) is 20.3. The summed E-state index contributed by atoms with van der Waals surface area (Å²) >= 11 is 0. The Balaban J connectivity index is 5.28. The van der Waals surface area contributed by atoms with Gasteiger partial charge in [0.1, 0.15) is 18.3 Å². The van der Waals surface area contributed by atoms with Gasteiger partial charge in [0.15, 0.2) is 6.10 Å². The Morgan fingerprint density at radius 2 is 1.38 bits per heavy atom. The number of hydrogen-bond donors (Lipinski definition) is 6. The van der Waals surface area contributed by atoms with Crippen LogP contribution in [0.3, 0.4) is 0 Å². The zero-order valence-corrected chi connectivity index (χ0v) is 16.8. The first-order chi connectivity index (χ1) is 12.2. The Bertz CT molecular complexity index is 384. The molecular formula is C15H33NO9Si. The van der Waals surface area contributed by atoms with Gasteiger partial charge in [0, 0.05) is 19.8 Å². The fourth-order valence-corrected chi connectivity index (χ4v) is 5.29. The Morgan fingerprint density at radius 3 is 1.73 bits per heavy atom. The van der Waals surface area contributed by atoms with Crippen LogP contribution in [0.25, 0.3) is 0 Å². The van der Waals surface area contributed by atoms with Gasteiger partial charge in [-0.05, 0) is 27.2 Å². The van der Waals surface area contributed by atoms with Crippen LogP contribution < -0.4 is 5.32 Å². The molecule has 1 amide bonds. The molecule has 11 heteroatoms. The van der Waals surface area contributed by atoms with Crippen molar-refractivity contribution in [3.8, 4) is 0 Å². The monoisotopic (exact) mass is 399 g/mol. The summed E-state index contributed by atoms with van der Waals surface area (Å²) in [5, 5.41) is 50.1. The third-order valence-corrected chi connectivity index (χ3v) is 7.19. The number of aliphatic hydroxyl groups is 5. The predicted octanol–water partition coefficient (Wildman–Crippen LogP) is -2.10. The van der Waals surface area contributed by atoms with Gasteiger partial charge in [0.05, 0.1) is 12.3 Å². The molecule has 5 atom stereocenters. The van der Waals surface area contributed by atoms with Gasteiger partial charge >= 0.3 is 8.80 Å². The number of hydrogen-bond acceptors (Lipinski definition) is 9. The van der Waals surface area contributed by atoms with E-state index >= 15 is 0 Å². The van der Waals surface area contributed by atoms with Crippen molar-refractivity contribution in [1.82, 2.24) is 5.32 Å². The van der Waals surface area contributed by atoms with Crippen molar-refractivity contribution in [3.05, 3.63) is 0 Å². The van der Waals surface area contributed by atoms with Gasteiger partial charge in [-0.15, -0.1) is 0 Å². The Morgan fingerprint density at radius 1 is 0.923 bits per heavy atom. The van der Waals surface area contributed by atoms with Crippen LogP contribution in [0.2, 0.25) is 0 Å². The van der Waals surface area contributed by atoms with Gasteiger partial charge in [-0.2, -0.15) is 0 Å². The minimum atomic E-state index is -3.30. The number of carbonyl (C=O) groups is 1. The highest BCUT2D eigenvalue weighted by Gasteiger charge is 2.50. The number of nitrogens with one attached hydrogen (secondary N) is 1. The summed E-state index contributed by atoms with van der Waals surface area (Å²) in [6.07, 6.45) is -7.23. The van der Waals surface area contributed by atoms with Crippen LogP contribution >= 0.6 is 0 Å². The SMILES string of the molecule is CCO[Si](OCC)(OCC)C(CC)NC(=O)[C@H](O)[C@@H](O)[C@H](O)[C@H](O)CO. The molecule has 0 spiro atoms. The average molecular weight is 400 g/mol. The second-order valence-electron chi connectivity index (χ2n) is 5.55. The molecule has 6 N–H and O–H groups in total. The molecule has 10 nitrogen and oxygen atoms in total. The number of carbonyl (C=O) groups excluding carboxylic acids is 1.